The Kier molecular flexibility index (Phi) is 5.30. The zero-order valence-corrected chi connectivity index (χ0v) is 16.1. The summed E-state index contributed by atoms with van der Waals surface area (Å²) in [5.41, 5.74) is 5.56. The number of nitrogens with zero attached hydrogens (tertiary/aromatic N) is 2. The molecule has 0 aliphatic rings. The molecule has 1 aromatic heterocycles. The minimum absolute atomic E-state index is 0.112. The number of para-hydroxylation sites is 2. The molecule has 26 heavy (non-hydrogen) atoms. The minimum Gasteiger partial charge on any atom is -0.370 e. The van der Waals surface area contributed by atoms with Gasteiger partial charge in [0, 0.05) is 19.5 Å². The van der Waals surface area contributed by atoms with Crippen LogP contribution in [0.15, 0.2) is 29.1 Å². The summed E-state index contributed by atoms with van der Waals surface area (Å²) in [6.07, 6.45) is 0.147. The fourth-order valence-corrected chi connectivity index (χ4v) is 2.96. The van der Waals surface area contributed by atoms with Gasteiger partial charge in [0.05, 0.1) is 11.0 Å². The minimum atomic E-state index is -0.503. The largest absolute Gasteiger partial charge is 0.370 e. The summed E-state index contributed by atoms with van der Waals surface area (Å²) in [6, 6.07) is 6.73. The Bertz CT molecular complexity index is 884. The molecule has 0 aliphatic carbocycles. The molecule has 1 heterocycles. The topological polar surface area (TPSA) is 99.1 Å². The highest BCUT2D eigenvalue weighted by Crippen LogP contribution is 2.21. The van der Waals surface area contributed by atoms with Crippen molar-refractivity contribution < 1.29 is 9.59 Å². The Balaban J connectivity index is 2.37. The third-order valence-electron chi connectivity index (χ3n) is 4.04. The zero-order chi connectivity index (χ0) is 19.7. The molecule has 0 radical (unpaired) electrons. The van der Waals surface area contributed by atoms with Crippen LogP contribution in [-0.2, 0) is 11.3 Å². The van der Waals surface area contributed by atoms with E-state index >= 15 is 0 Å². The lowest BCUT2D eigenvalue weighted by atomic mass is 9.89. The van der Waals surface area contributed by atoms with E-state index in [0.717, 1.165) is 10.1 Å². The van der Waals surface area contributed by atoms with Gasteiger partial charge in [-0.15, -0.1) is 0 Å². The molecule has 2 amide bonds. The average molecular weight is 360 g/mol. The molecule has 0 unspecified atom stereocenters. The first-order valence-electron chi connectivity index (χ1n) is 8.68. The van der Waals surface area contributed by atoms with Gasteiger partial charge < -0.3 is 11.1 Å². The molecule has 0 atom stereocenters. The number of carbonyl (C=O) groups excluding carboxylic acids is 2. The number of nitrogens with two attached hydrogens (primary N) is 1. The Morgan fingerprint density at radius 1 is 1.08 bits per heavy atom. The number of carbonyl (C=O) groups is 2. The second kappa shape index (κ2) is 6.97. The van der Waals surface area contributed by atoms with Gasteiger partial charge >= 0.3 is 11.7 Å². The lowest BCUT2D eigenvalue weighted by molar-refractivity contribution is -0.119. The summed E-state index contributed by atoms with van der Waals surface area (Å²) in [7, 11) is 0. The van der Waals surface area contributed by atoms with Gasteiger partial charge in [-0.1, -0.05) is 46.8 Å². The van der Waals surface area contributed by atoms with Gasteiger partial charge in [-0.3, -0.25) is 9.36 Å². The van der Waals surface area contributed by atoms with Crippen molar-refractivity contribution in [3.63, 3.8) is 0 Å². The fourth-order valence-electron chi connectivity index (χ4n) is 2.96. The molecule has 2 aromatic rings. The average Bonchev–Trinajstić information content (AvgIpc) is 2.75. The van der Waals surface area contributed by atoms with E-state index in [1.807, 2.05) is 46.8 Å². The third kappa shape index (κ3) is 4.53. The molecular formula is C19H28N4O3. The maximum atomic E-state index is 12.9. The smallest absolute Gasteiger partial charge is 0.337 e. The number of nitrogens with one attached hydrogen (secondary N) is 1. The number of amides is 2. The van der Waals surface area contributed by atoms with Gasteiger partial charge in [0.2, 0.25) is 5.91 Å². The maximum Gasteiger partial charge on any atom is 0.337 e. The van der Waals surface area contributed by atoms with E-state index in [9.17, 15) is 14.4 Å². The number of aromatic nitrogens is 2. The van der Waals surface area contributed by atoms with Crippen molar-refractivity contribution >= 4 is 23.0 Å². The molecule has 7 heteroatoms. The predicted molar refractivity (Wildman–Crippen MR) is 102 cm³/mol. The van der Waals surface area contributed by atoms with Crippen molar-refractivity contribution in [1.29, 1.82) is 0 Å². The summed E-state index contributed by atoms with van der Waals surface area (Å²) in [6.45, 7) is 10.5. The number of hydrogen-bond donors (Lipinski definition) is 2. The van der Waals surface area contributed by atoms with Gasteiger partial charge in [0.25, 0.3) is 0 Å². The van der Waals surface area contributed by atoms with Gasteiger partial charge in [0.1, 0.15) is 0 Å². The molecule has 3 N–H and O–H groups in total. The number of hydrogen-bond acceptors (Lipinski definition) is 3. The van der Waals surface area contributed by atoms with Gasteiger partial charge in [0.15, 0.2) is 0 Å². The molecule has 0 aliphatic heterocycles. The van der Waals surface area contributed by atoms with E-state index in [4.69, 9.17) is 5.73 Å². The van der Waals surface area contributed by atoms with E-state index in [1.165, 1.54) is 0 Å². The Morgan fingerprint density at radius 2 is 1.65 bits per heavy atom. The van der Waals surface area contributed by atoms with Crippen LogP contribution in [0.25, 0.3) is 11.0 Å². The predicted octanol–water partition coefficient (Wildman–Crippen LogP) is 2.31. The first-order chi connectivity index (χ1) is 11.9. The number of imidazole rings is 1. The summed E-state index contributed by atoms with van der Waals surface area (Å²) >= 11 is 0. The van der Waals surface area contributed by atoms with Crippen molar-refractivity contribution in [2.45, 2.75) is 47.6 Å². The highest BCUT2D eigenvalue weighted by molar-refractivity contribution is 5.89. The summed E-state index contributed by atoms with van der Waals surface area (Å²) < 4.78 is 2.78. The van der Waals surface area contributed by atoms with E-state index in [-0.39, 0.29) is 24.1 Å². The van der Waals surface area contributed by atoms with E-state index in [2.05, 4.69) is 5.32 Å². The molecule has 0 fully saturated rings. The van der Waals surface area contributed by atoms with E-state index < -0.39 is 17.4 Å². The first kappa shape index (κ1) is 19.8. The highest BCUT2D eigenvalue weighted by atomic mass is 16.2. The fraction of sp³-hybridized carbons (Fsp3) is 0.526. The van der Waals surface area contributed by atoms with Crippen LogP contribution < -0.4 is 16.7 Å². The molecule has 2 rings (SSSR count). The van der Waals surface area contributed by atoms with Crippen LogP contribution >= 0.6 is 0 Å². The molecule has 142 valence electrons. The Labute approximate surface area is 153 Å². The molecule has 1 aromatic carbocycles. The standard InChI is InChI=1S/C19H28N4O3/c1-18(2,3)12-22-13-8-6-7-9-14(13)23(17(22)26)16(25)21-11-19(4,5)10-15(20)24/h6-9H,10-12H2,1-5H3,(H2,20,24)(H,21,25). The first-order valence-corrected chi connectivity index (χ1v) is 8.68. The number of rotatable bonds is 5. The van der Waals surface area contributed by atoms with E-state index in [1.54, 1.807) is 16.7 Å². The van der Waals surface area contributed by atoms with Crippen LogP contribution in [0.5, 0.6) is 0 Å². The molecule has 0 spiro atoms. The molecule has 0 bridgehead atoms. The van der Waals surface area contributed by atoms with Crippen molar-refractivity contribution in [3.05, 3.63) is 34.7 Å². The highest BCUT2D eigenvalue weighted by Gasteiger charge is 2.25. The molecule has 0 saturated carbocycles. The normalized spacial score (nSPS) is 12.3. The van der Waals surface area contributed by atoms with Crippen LogP contribution in [0.3, 0.4) is 0 Å². The van der Waals surface area contributed by atoms with Gasteiger partial charge in [-0.25, -0.2) is 14.2 Å². The Morgan fingerprint density at radius 3 is 2.19 bits per heavy atom. The van der Waals surface area contributed by atoms with E-state index in [0.29, 0.717) is 12.1 Å². The molecular weight excluding hydrogens is 332 g/mol. The third-order valence-corrected chi connectivity index (χ3v) is 4.04. The summed E-state index contributed by atoms with van der Waals surface area (Å²) in [4.78, 5) is 36.8. The maximum absolute atomic E-state index is 12.9. The quantitative estimate of drug-likeness (QED) is 0.856. The van der Waals surface area contributed by atoms with Crippen LogP contribution in [0.2, 0.25) is 0 Å². The summed E-state index contributed by atoms with van der Waals surface area (Å²) in [5, 5.41) is 2.76. The van der Waals surface area contributed by atoms with Crippen molar-refractivity contribution in [1.82, 2.24) is 14.5 Å². The van der Waals surface area contributed by atoms with Crippen LogP contribution in [0.4, 0.5) is 4.79 Å². The second-order valence-electron chi connectivity index (χ2n) is 8.72. The van der Waals surface area contributed by atoms with Crippen molar-refractivity contribution in [2.75, 3.05) is 6.54 Å². The molecule has 7 nitrogen and oxygen atoms in total. The lowest BCUT2D eigenvalue weighted by Gasteiger charge is -2.23. The zero-order valence-electron chi connectivity index (χ0n) is 16.1. The van der Waals surface area contributed by atoms with Crippen LogP contribution in [0, 0.1) is 10.8 Å². The Hall–Kier alpha value is -2.57. The number of benzene rings is 1. The van der Waals surface area contributed by atoms with Crippen LogP contribution in [-0.4, -0.2) is 27.6 Å². The second-order valence-corrected chi connectivity index (χ2v) is 8.72. The SMILES string of the molecule is CC(C)(C)Cn1c(=O)n(C(=O)NCC(C)(C)CC(N)=O)c2ccccc21. The van der Waals surface area contributed by atoms with Crippen molar-refractivity contribution in [2.24, 2.45) is 16.6 Å². The van der Waals surface area contributed by atoms with Crippen molar-refractivity contribution in [3.8, 4) is 0 Å². The lowest BCUT2D eigenvalue weighted by Crippen LogP contribution is -2.42. The van der Waals surface area contributed by atoms with Crippen LogP contribution in [0.1, 0.15) is 41.0 Å². The number of primary amides is 1. The molecule has 0 saturated heterocycles. The van der Waals surface area contributed by atoms with Gasteiger partial charge in [-0.05, 0) is 23.0 Å². The monoisotopic (exact) mass is 360 g/mol. The van der Waals surface area contributed by atoms with Gasteiger partial charge in [-0.2, -0.15) is 0 Å². The number of fused-ring (bicyclic) bond motifs is 1. The summed E-state index contributed by atoms with van der Waals surface area (Å²) in [5.74, 6) is -0.428.